The number of aliphatic imine (C=N–C) groups is 1. The van der Waals surface area contributed by atoms with Crippen LogP contribution in [0.1, 0.15) is 44.7 Å². The van der Waals surface area contributed by atoms with Gasteiger partial charge in [0.1, 0.15) is 0 Å². The minimum Gasteiger partial charge on any atom is -0.385 e. The van der Waals surface area contributed by atoms with Gasteiger partial charge in [0, 0.05) is 52.0 Å². The molecule has 0 spiro atoms. The maximum Gasteiger partial charge on any atom is 0.193 e. The summed E-state index contributed by atoms with van der Waals surface area (Å²) in [4.78, 5) is 9.31. The van der Waals surface area contributed by atoms with Crippen molar-refractivity contribution in [3.8, 4) is 0 Å². The molecular formula is C23H39ClN4O2. The number of hydrogen-bond acceptors (Lipinski definition) is 4. The fraction of sp³-hybridized carbons (Fsp3) is 0.696. The number of nitrogens with zero attached hydrogens (tertiary/aromatic N) is 3. The van der Waals surface area contributed by atoms with Gasteiger partial charge in [-0.25, -0.2) is 0 Å². The van der Waals surface area contributed by atoms with Crippen LogP contribution in [-0.2, 0) is 9.47 Å². The molecule has 1 heterocycles. The average molecular weight is 439 g/mol. The number of hydrogen-bond donors (Lipinski definition) is 1. The van der Waals surface area contributed by atoms with E-state index in [0.717, 1.165) is 81.7 Å². The molecule has 1 saturated heterocycles. The standard InChI is InChI=1S/C23H39ClN4O2/c1-5-27(6-2)22(20-10-7-8-11-21(20)24)18-26-23(25-3)28-14-12-19(13-15-28)30-17-9-16-29-4/h7-8,10-11,19,22H,5-6,9,12-18H2,1-4H3,(H,25,26). The van der Waals surface area contributed by atoms with E-state index < -0.39 is 0 Å². The van der Waals surface area contributed by atoms with Crippen LogP contribution in [0.4, 0.5) is 0 Å². The van der Waals surface area contributed by atoms with Crippen molar-refractivity contribution in [3.05, 3.63) is 34.9 Å². The SMILES string of the molecule is CCN(CC)C(CNC(=NC)N1CCC(OCCCOC)CC1)c1ccccc1Cl. The molecular weight excluding hydrogens is 400 g/mol. The van der Waals surface area contributed by atoms with Gasteiger partial charge in [-0.3, -0.25) is 9.89 Å². The van der Waals surface area contributed by atoms with Crippen molar-refractivity contribution in [2.75, 3.05) is 60.1 Å². The number of piperidine rings is 1. The Morgan fingerprint density at radius 1 is 1.23 bits per heavy atom. The van der Waals surface area contributed by atoms with E-state index in [0.29, 0.717) is 6.10 Å². The van der Waals surface area contributed by atoms with E-state index in [2.05, 4.69) is 46.1 Å². The number of likely N-dealkylation sites (N-methyl/N-ethyl adjacent to an activating group) is 1. The Kier molecular flexibility index (Phi) is 11.5. The lowest BCUT2D eigenvalue weighted by Crippen LogP contribution is -2.49. The summed E-state index contributed by atoms with van der Waals surface area (Å²) in [6, 6.07) is 8.34. The number of ether oxygens (including phenoxy) is 2. The number of methoxy groups -OCH3 is 1. The molecule has 6 nitrogen and oxygen atoms in total. The molecule has 1 unspecified atom stereocenters. The van der Waals surface area contributed by atoms with Gasteiger partial charge in [0.2, 0.25) is 0 Å². The van der Waals surface area contributed by atoms with Crippen LogP contribution in [0.3, 0.4) is 0 Å². The summed E-state index contributed by atoms with van der Waals surface area (Å²) < 4.78 is 11.1. The normalized spacial score (nSPS) is 16.9. The van der Waals surface area contributed by atoms with Crippen LogP contribution in [0.25, 0.3) is 0 Å². The summed E-state index contributed by atoms with van der Waals surface area (Å²) in [6.07, 6.45) is 3.34. The third-order valence-electron chi connectivity index (χ3n) is 5.77. The minimum absolute atomic E-state index is 0.201. The summed E-state index contributed by atoms with van der Waals surface area (Å²) in [5.74, 6) is 0.956. The molecule has 1 aromatic carbocycles. The highest BCUT2D eigenvalue weighted by Crippen LogP contribution is 2.27. The van der Waals surface area contributed by atoms with Crippen molar-refractivity contribution >= 4 is 17.6 Å². The molecule has 0 radical (unpaired) electrons. The van der Waals surface area contributed by atoms with Crippen molar-refractivity contribution in [1.82, 2.24) is 15.1 Å². The van der Waals surface area contributed by atoms with Crippen molar-refractivity contribution < 1.29 is 9.47 Å². The Morgan fingerprint density at radius 2 is 1.93 bits per heavy atom. The Balaban J connectivity index is 1.92. The zero-order valence-electron chi connectivity index (χ0n) is 19.1. The Hall–Kier alpha value is -1.34. The van der Waals surface area contributed by atoms with E-state index in [-0.39, 0.29) is 6.04 Å². The molecule has 0 aliphatic carbocycles. The monoisotopic (exact) mass is 438 g/mol. The van der Waals surface area contributed by atoms with Crippen molar-refractivity contribution in [2.45, 2.75) is 45.3 Å². The molecule has 1 N–H and O–H groups in total. The van der Waals surface area contributed by atoms with Gasteiger partial charge in [0.25, 0.3) is 0 Å². The van der Waals surface area contributed by atoms with Gasteiger partial charge in [-0.15, -0.1) is 0 Å². The first-order valence-electron chi connectivity index (χ1n) is 11.2. The van der Waals surface area contributed by atoms with Gasteiger partial charge in [0.05, 0.1) is 12.1 Å². The zero-order chi connectivity index (χ0) is 21.8. The number of guanidine groups is 1. The van der Waals surface area contributed by atoms with Crippen LogP contribution in [-0.4, -0.2) is 82.0 Å². The molecule has 1 aromatic rings. The van der Waals surface area contributed by atoms with Crippen LogP contribution in [0, 0.1) is 0 Å². The Morgan fingerprint density at radius 3 is 2.53 bits per heavy atom. The fourth-order valence-electron chi connectivity index (χ4n) is 4.05. The molecule has 0 amide bonds. The van der Waals surface area contributed by atoms with E-state index >= 15 is 0 Å². The summed E-state index contributed by atoms with van der Waals surface area (Å²) in [6.45, 7) is 10.5. The molecule has 1 fully saturated rings. The first-order chi connectivity index (χ1) is 14.6. The average Bonchev–Trinajstić information content (AvgIpc) is 2.78. The number of rotatable bonds is 11. The van der Waals surface area contributed by atoms with Gasteiger partial charge in [-0.1, -0.05) is 43.6 Å². The molecule has 0 saturated carbocycles. The van der Waals surface area contributed by atoms with Gasteiger partial charge >= 0.3 is 0 Å². The predicted molar refractivity (Wildman–Crippen MR) is 126 cm³/mol. The molecule has 0 bridgehead atoms. The summed E-state index contributed by atoms with van der Waals surface area (Å²) >= 11 is 6.54. The van der Waals surface area contributed by atoms with Gasteiger partial charge in [-0.05, 0) is 44.0 Å². The highest BCUT2D eigenvalue weighted by atomic mass is 35.5. The predicted octanol–water partition coefficient (Wildman–Crippen LogP) is 3.82. The first kappa shape index (κ1) is 24.9. The summed E-state index contributed by atoms with van der Waals surface area (Å²) in [5.41, 5.74) is 1.16. The van der Waals surface area contributed by atoms with Gasteiger partial charge in [-0.2, -0.15) is 0 Å². The second kappa shape index (κ2) is 13.9. The van der Waals surface area contributed by atoms with Crippen molar-refractivity contribution in [1.29, 1.82) is 0 Å². The third-order valence-corrected chi connectivity index (χ3v) is 6.11. The molecule has 1 atom stereocenters. The Labute approximate surface area is 187 Å². The van der Waals surface area contributed by atoms with E-state index in [4.69, 9.17) is 21.1 Å². The molecule has 1 aliphatic heterocycles. The van der Waals surface area contributed by atoms with Gasteiger partial charge < -0.3 is 19.7 Å². The van der Waals surface area contributed by atoms with Crippen molar-refractivity contribution in [2.24, 2.45) is 4.99 Å². The van der Waals surface area contributed by atoms with E-state index in [1.165, 1.54) is 0 Å². The smallest absolute Gasteiger partial charge is 0.193 e. The maximum absolute atomic E-state index is 6.54. The quantitative estimate of drug-likeness (QED) is 0.323. The molecule has 2 rings (SSSR count). The van der Waals surface area contributed by atoms with E-state index in [1.807, 2.05) is 19.2 Å². The van der Waals surface area contributed by atoms with Crippen LogP contribution in [0.5, 0.6) is 0 Å². The highest BCUT2D eigenvalue weighted by molar-refractivity contribution is 6.31. The molecule has 170 valence electrons. The summed E-state index contributed by atoms with van der Waals surface area (Å²) in [5, 5.41) is 4.42. The third kappa shape index (κ3) is 7.41. The van der Waals surface area contributed by atoms with Crippen LogP contribution >= 0.6 is 11.6 Å². The fourth-order valence-corrected chi connectivity index (χ4v) is 4.31. The highest BCUT2D eigenvalue weighted by Gasteiger charge is 2.24. The van der Waals surface area contributed by atoms with Crippen molar-refractivity contribution in [3.63, 3.8) is 0 Å². The van der Waals surface area contributed by atoms with Gasteiger partial charge in [0.15, 0.2) is 5.96 Å². The Bertz CT molecular complexity index is 631. The van der Waals surface area contributed by atoms with Crippen LogP contribution in [0.15, 0.2) is 29.3 Å². The molecule has 1 aliphatic rings. The summed E-state index contributed by atoms with van der Waals surface area (Å²) in [7, 11) is 3.59. The number of nitrogens with one attached hydrogen (secondary N) is 1. The lowest BCUT2D eigenvalue weighted by atomic mass is 10.0. The lowest BCUT2D eigenvalue weighted by molar-refractivity contribution is 0.00985. The number of likely N-dealkylation sites (tertiary alicyclic amines) is 1. The number of halogens is 1. The molecule has 0 aromatic heterocycles. The molecule has 30 heavy (non-hydrogen) atoms. The lowest BCUT2D eigenvalue weighted by Gasteiger charge is -2.36. The maximum atomic E-state index is 6.54. The van der Waals surface area contributed by atoms with E-state index in [1.54, 1.807) is 7.11 Å². The zero-order valence-corrected chi connectivity index (χ0v) is 19.8. The largest absolute Gasteiger partial charge is 0.385 e. The second-order valence-corrected chi connectivity index (χ2v) is 8.00. The first-order valence-corrected chi connectivity index (χ1v) is 11.6. The van der Waals surface area contributed by atoms with Crippen LogP contribution in [0.2, 0.25) is 5.02 Å². The minimum atomic E-state index is 0.201. The second-order valence-electron chi connectivity index (χ2n) is 7.59. The van der Waals surface area contributed by atoms with Crippen LogP contribution < -0.4 is 5.32 Å². The number of benzene rings is 1. The molecule has 7 heteroatoms. The topological polar surface area (TPSA) is 49.3 Å². The van der Waals surface area contributed by atoms with E-state index in [9.17, 15) is 0 Å².